The Hall–Kier alpha value is 0.517. The first-order valence-electron chi connectivity index (χ1n) is 14.0. The highest BCUT2D eigenvalue weighted by molar-refractivity contribution is 8.30. The summed E-state index contributed by atoms with van der Waals surface area (Å²) in [7, 11) is 4.00. The third-order valence-corrected chi connectivity index (χ3v) is 11.1. The third kappa shape index (κ3) is 16.4. The molecular weight excluding hydrogens is 599 g/mol. The minimum Gasteiger partial charge on any atom is -0.394 e. The van der Waals surface area contributed by atoms with E-state index in [0.717, 1.165) is 25.7 Å². The fraction of sp³-hybridized carbons (Fsp3) is 1.00. The molecule has 0 radical (unpaired) electrons. The molecule has 0 saturated heterocycles. The molecule has 0 spiro atoms. The summed E-state index contributed by atoms with van der Waals surface area (Å²) in [5.41, 5.74) is 0. The molecular formula is C25H51O11PS2Si. The van der Waals surface area contributed by atoms with Gasteiger partial charge in [0, 0.05) is 34.0 Å². The molecule has 0 aromatic heterocycles. The molecule has 1 saturated carbocycles. The van der Waals surface area contributed by atoms with Crippen LogP contribution in [0.25, 0.3) is 0 Å². The van der Waals surface area contributed by atoms with Crippen LogP contribution in [0, 0.1) is 5.92 Å². The molecule has 6 atom stereocenters. The Kier molecular flexibility index (Phi) is 23.0. The molecule has 1 aliphatic rings. The minimum absolute atomic E-state index is 0.164. The Bertz CT molecular complexity index is 668. The van der Waals surface area contributed by atoms with E-state index in [1.54, 1.807) is 21.3 Å². The summed E-state index contributed by atoms with van der Waals surface area (Å²) < 4.78 is 51.2. The van der Waals surface area contributed by atoms with Crippen molar-refractivity contribution in [2.24, 2.45) is 5.92 Å². The maximum atomic E-state index is 10.5. The summed E-state index contributed by atoms with van der Waals surface area (Å²) in [6.07, 6.45) is 2.58. The van der Waals surface area contributed by atoms with Crippen molar-refractivity contribution in [3.05, 3.63) is 0 Å². The van der Waals surface area contributed by atoms with E-state index in [0.29, 0.717) is 52.4 Å². The number of aliphatic hydroxyl groups excluding tert-OH is 2. The van der Waals surface area contributed by atoms with Gasteiger partial charge in [0.05, 0.1) is 64.6 Å². The molecule has 6 unspecified atom stereocenters. The lowest BCUT2D eigenvalue weighted by molar-refractivity contribution is -0.153. The number of aliphatic hydroxyl groups is 2. The molecule has 0 aliphatic heterocycles. The Labute approximate surface area is 250 Å². The highest BCUT2D eigenvalue weighted by Gasteiger charge is 2.37. The molecule has 0 heterocycles. The van der Waals surface area contributed by atoms with Crippen molar-refractivity contribution in [3.63, 3.8) is 0 Å². The monoisotopic (exact) mass is 650 g/mol. The summed E-state index contributed by atoms with van der Waals surface area (Å²) in [6, 6.07) is 0.635. The van der Waals surface area contributed by atoms with Crippen molar-refractivity contribution < 1.29 is 51.7 Å². The molecule has 0 aromatic carbocycles. The maximum Gasteiger partial charge on any atom is 0.500 e. The highest BCUT2D eigenvalue weighted by atomic mass is 32.9. The molecule has 0 bridgehead atoms. The van der Waals surface area contributed by atoms with Gasteiger partial charge in [-0.1, -0.05) is 13.3 Å². The lowest BCUT2D eigenvalue weighted by Gasteiger charge is -2.35. The van der Waals surface area contributed by atoms with Crippen LogP contribution in [-0.2, 0) is 62.2 Å². The van der Waals surface area contributed by atoms with Gasteiger partial charge in [-0.05, 0) is 59.2 Å². The molecule has 11 nitrogen and oxygen atoms in total. The van der Waals surface area contributed by atoms with E-state index >= 15 is 0 Å². The lowest BCUT2D eigenvalue weighted by Crippen LogP contribution is -2.42. The van der Waals surface area contributed by atoms with E-state index < -0.39 is 21.0 Å². The van der Waals surface area contributed by atoms with Crippen LogP contribution in [0.15, 0.2) is 0 Å². The summed E-state index contributed by atoms with van der Waals surface area (Å²) >= 11 is 4.79. The van der Waals surface area contributed by atoms with Crippen LogP contribution in [0.4, 0.5) is 0 Å². The molecule has 40 heavy (non-hydrogen) atoms. The van der Waals surface area contributed by atoms with E-state index in [1.165, 1.54) is 9.50 Å². The van der Waals surface area contributed by atoms with Gasteiger partial charge in [0.1, 0.15) is 19.8 Å². The molecule has 2 N–H and O–H groups in total. The molecule has 1 aliphatic carbocycles. The minimum atomic E-state index is -2.61. The Morgan fingerprint density at radius 1 is 0.950 bits per heavy atom. The van der Waals surface area contributed by atoms with E-state index in [9.17, 15) is 10.2 Å². The van der Waals surface area contributed by atoms with Crippen molar-refractivity contribution in [2.45, 2.75) is 82.5 Å². The summed E-state index contributed by atoms with van der Waals surface area (Å²) in [5.74, 6) is 0.550. The average Bonchev–Trinajstić information content (AvgIpc) is 2.98. The molecule has 1 fully saturated rings. The van der Waals surface area contributed by atoms with Gasteiger partial charge in [0.15, 0.2) is 0 Å². The van der Waals surface area contributed by atoms with Crippen LogP contribution in [0.1, 0.15) is 46.0 Å². The van der Waals surface area contributed by atoms with Crippen molar-refractivity contribution in [1.82, 2.24) is 0 Å². The van der Waals surface area contributed by atoms with Crippen molar-refractivity contribution >= 4 is 37.1 Å². The second kappa shape index (κ2) is 23.9. The van der Waals surface area contributed by atoms with Crippen molar-refractivity contribution in [1.29, 1.82) is 0 Å². The number of hydrogen-bond donors (Lipinski definition) is 2. The second-order valence-electron chi connectivity index (χ2n) is 9.76. The van der Waals surface area contributed by atoms with Gasteiger partial charge in [-0.25, -0.2) is 0 Å². The van der Waals surface area contributed by atoms with Crippen LogP contribution in [0.3, 0.4) is 0 Å². The second-order valence-corrected chi connectivity index (χ2v) is 15.6. The fourth-order valence-corrected chi connectivity index (χ4v) is 6.98. The van der Waals surface area contributed by atoms with Crippen LogP contribution >= 0.6 is 7.58 Å². The Balaban J connectivity index is 2.45. The topological polar surface area (TPSA) is 124 Å². The third-order valence-electron chi connectivity index (χ3n) is 6.86. The van der Waals surface area contributed by atoms with Gasteiger partial charge in [-0.3, -0.25) is 0 Å². The average molecular weight is 651 g/mol. The van der Waals surface area contributed by atoms with Gasteiger partial charge in [0.25, 0.3) is 0 Å². The summed E-state index contributed by atoms with van der Waals surface area (Å²) in [6.45, 7) is 6.38. The standard InChI is InChI=1S/C25H51O11PS2Si/c1-6-21-8-9-24(27)25(14-21)36-23(18-32-11-12-35-37-39-38)19-33-20(2)16-34-22(15-26)17-31-10-7-13-40(28-3,29-4)30-5/h20-27H,6-19H2,1-5H3. The van der Waals surface area contributed by atoms with Gasteiger partial charge in [0.2, 0.25) is 0 Å². The molecule has 1 rings (SSSR count). The number of rotatable bonds is 25. The van der Waals surface area contributed by atoms with E-state index in [-0.39, 0.29) is 44.7 Å². The van der Waals surface area contributed by atoms with Crippen LogP contribution in [-0.4, -0.2) is 124 Å². The Morgan fingerprint density at radius 2 is 1.65 bits per heavy atom. The number of ether oxygens (including phenoxy) is 5. The quantitative estimate of drug-likeness (QED) is 0.0858. The van der Waals surface area contributed by atoms with Crippen LogP contribution < -0.4 is 0 Å². The SMILES string of the molecule is CCC1CCC(O)C(OC(COCCOP=S=S)COC(C)COC(CO)COCCC[Si](OC)(OC)OC)C1. The zero-order valence-electron chi connectivity index (χ0n) is 24.7. The van der Waals surface area contributed by atoms with E-state index in [2.05, 4.69) is 6.92 Å². The zero-order chi connectivity index (χ0) is 29.6. The fourth-order valence-electron chi connectivity index (χ4n) is 4.36. The zero-order valence-corrected chi connectivity index (χ0v) is 28.2. The largest absolute Gasteiger partial charge is 0.500 e. The van der Waals surface area contributed by atoms with E-state index in [4.69, 9.17) is 52.7 Å². The highest BCUT2D eigenvalue weighted by Crippen LogP contribution is 2.29. The first kappa shape index (κ1) is 38.5. The predicted octanol–water partition coefficient (Wildman–Crippen LogP) is 2.73. The first-order chi connectivity index (χ1) is 19.4. The van der Waals surface area contributed by atoms with Crippen LogP contribution in [0.5, 0.6) is 0 Å². The molecule has 15 heteroatoms. The van der Waals surface area contributed by atoms with Gasteiger partial charge < -0.3 is 51.7 Å². The van der Waals surface area contributed by atoms with Gasteiger partial charge >= 0.3 is 8.80 Å². The van der Waals surface area contributed by atoms with E-state index in [1.807, 2.05) is 6.92 Å². The lowest BCUT2D eigenvalue weighted by atomic mass is 9.84. The molecule has 0 aromatic rings. The van der Waals surface area contributed by atoms with Crippen molar-refractivity contribution in [2.75, 3.05) is 74.2 Å². The van der Waals surface area contributed by atoms with Crippen LogP contribution in [0.2, 0.25) is 6.04 Å². The smallest absolute Gasteiger partial charge is 0.394 e. The Morgan fingerprint density at radius 3 is 2.30 bits per heavy atom. The molecule has 0 amide bonds. The molecule has 238 valence electrons. The normalized spacial score (nSPS) is 22.3. The summed E-state index contributed by atoms with van der Waals surface area (Å²) in [4.78, 5) is 0. The first-order valence-corrected chi connectivity index (χ1v) is 19.1. The van der Waals surface area contributed by atoms with Gasteiger partial charge in [-0.15, -0.1) is 0 Å². The number of hydrogen-bond acceptors (Lipinski definition) is 12. The summed E-state index contributed by atoms with van der Waals surface area (Å²) in [5, 5.41) is 20.2. The maximum absolute atomic E-state index is 10.5. The van der Waals surface area contributed by atoms with Crippen molar-refractivity contribution in [3.8, 4) is 0 Å². The van der Waals surface area contributed by atoms with Gasteiger partial charge in [-0.2, -0.15) is 0 Å². The predicted molar refractivity (Wildman–Crippen MR) is 160 cm³/mol.